The molecule has 5 heteroatoms. The molecule has 0 fully saturated rings. The molecule has 0 aromatic heterocycles. The van der Waals surface area contributed by atoms with Gasteiger partial charge in [-0.05, 0) is 29.3 Å². The third-order valence-corrected chi connectivity index (χ3v) is 3.97. The molecule has 144 valence electrons. The van der Waals surface area contributed by atoms with Gasteiger partial charge in [0.1, 0.15) is 12.4 Å². The molecule has 0 unspecified atom stereocenters. The van der Waals surface area contributed by atoms with E-state index in [1.807, 2.05) is 54.6 Å². The van der Waals surface area contributed by atoms with Crippen molar-refractivity contribution in [1.82, 2.24) is 4.90 Å². The number of amides is 1. The summed E-state index contributed by atoms with van der Waals surface area (Å²) >= 11 is 0. The molecular formula is C22H27NO4. The van der Waals surface area contributed by atoms with E-state index < -0.39 is 0 Å². The van der Waals surface area contributed by atoms with Crippen molar-refractivity contribution in [3.8, 4) is 5.75 Å². The predicted octanol–water partition coefficient (Wildman–Crippen LogP) is 3.40. The Morgan fingerprint density at radius 1 is 0.963 bits per heavy atom. The summed E-state index contributed by atoms with van der Waals surface area (Å²) < 4.78 is 16.0. The quantitative estimate of drug-likeness (QED) is 0.570. The third-order valence-electron chi connectivity index (χ3n) is 3.97. The average Bonchev–Trinajstić information content (AvgIpc) is 2.72. The average molecular weight is 369 g/mol. The summed E-state index contributed by atoms with van der Waals surface area (Å²) in [7, 11) is 3.24. The van der Waals surface area contributed by atoms with Gasteiger partial charge in [0.2, 0.25) is 5.91 Å². The Balaban J connectivity index is 1.95. The minimum absolute atomic E-state index is 0.0697. The van der Waals surface area contributed by atoms with Crippen LogP contribution < -0.4 is 4.74 Å². The van der Waals surface area contributed by atoms with Crippen LogP contribution in [-0.2, 0) is 20.9 Å². The molecule has 0 saturated carbocycles. The number of carbonyl (C=O) groups is 1. The van der Waals surface area contributed by atoms with Crippen molar-refractivity contribution in [1.29, 1.82) is 0 Å². The van der Waals surface area contributed by atoms with E-state index in [1.54, 1.807) is 31.3 Å². The van der Waals surface area contributed by atoms with Gasteiger partial charge in [0.25, 0.3) is 0 Å². The van der Waals surface area contributed by atoms with Gasteiger partial charge in [-0.2, -0.15) is 0 Å². The van der Waals surface area contributed by atoms with E-state index in [1.165, 1.54) is 0 Å². The first-order chi connectivity index (χ1) is 13.2. The largest absolute Gasteiger partial charge is 0.489 e. The van der Waals surface area contributed by atoms with Crippen LogP contribution in [0.3, 0.4) is 0 Å². The van der Waals surface area contributed by atoms with Gasteiger partial charge in [0.15, 0.2) is 0 Å². The maximum absolute atomic E-state index is 12.4. The smallest absolute Gasteiger partial charge is 0.246 e. The van der Waals surface area contributed by atoms with Crippen LogP contribution in [0.2, 0.25) is 0 Å². The molecule has 0 bridgehead atoms. The number of methoxy groups -OCH3 is 2. The van der Waals surface area contributed by atoms with E-state index in [0.717, 1.165) is 16.9 Å². The molecule has 0 heterocycles. The SMILES string of the molecule is COCCN(CCOC)C(=O)/C=C/c1cccc(OCc2ccccc2)c1. The Bertz CT molecular complexity index is 707. The second-order valence-corrected chi connectivity index (χ2v) is 5.99. The van der Waals surface area contributed by atoms with Crippen molar-refractivity contribution >= 4 is 12.0 Å². The van der Waals surface area contributed by atoms with Crippen LogP contribution in [-0.4, -0.2) is 51.3 Å². The fourth-order valence-electron chi connectivity index (χ4n) is 2.46. The van der Waals surface area contributed by atoms with E-state index in [4.69, 9.17) is 14.2 Å². The number of nitrogens with zero attached hydrogens (tertiary/aromatic N) is 1. The lowest BCUT2D eigenvalue weighted by molar-refractivity contribution is -0.127. The van der Waals surface area contributed by atoms with E-state index in [-0.39, 0.29) is 5.91 Å². The van der Waals surface area contributed by atoms with Crippen LogP contribution in [0.5, 0.6) is 5.75 Å². The molecule has 5 nitrogen and oxygen atoms in total. The normalized spacial score (nSPS) is 10.9. The van der Waals surface area contributed by atoms with E-state index in [2.05, 4.69) is 0 Å². The van der Waals surface area contributed by atoms with Crippen molar-refractivity contribution in [2.45, 2.75) is 6.61 Å². The lowest BCUT2D eigenvalue weighted by Crippen LogP contribution is -2.35. The van der Waals surface area contributed by atoms with Gasteiger partial charge in [0.05, 0.1) is 13.2 Å². The van der Waals surface area contributed by atoms with Crippen LogP contribution in [0.4, 0.5) is 0 Å². The first-order valence-corrected chi connectivity index (χ1v) is 8.94. The van der Waals surface area contributed by atoms with Crippen molar-refractivity contribution in [2.75, 3.05) is 40.5 Å². The molecule has 2 aromatic carbocycles. The molecule has 27 heavy (non-hydrogen) atoms. The molecule has 0 aliphatic heterocycles. The Morgan fingerprint density at radius 3 is 2.33 bits per heavy atom. The van der Waals surface area contributed by atoms with Gasteiger partial charge in [-0.15, -0.1) is 0 Å². The highest BCUT2D eigenvalue weighted by Crippen LogP contribution is 2.16. The minimum Gasteiger partial charge on any atom is -0.489 e. The molecule has 0 saturated heterocycles. The second kappa shape index (κ2) is 11.9. The minimum atomic E-state index is -0.0697. The molecular weight excluding hydrogens is 342 g/mol. The topological polar surface area (TPSA) is 48.0 Å². The van der Waals surface area contributed by atoms with Crippen LogP contribution in [0.1, 0.15) is 11.1 Å². The molecule has 0 spiro atoms. The van der Waals surface area contributed by atoms with Crippen molar-refractivity contribution < 1.29 is 19.0 Å². The highest BCUT2D eigenvalue weighted by atomic mass is 16.5. The molecule has 0 radical (unpaired) electrons. The maximum Gasteiger partial charge on any atom is 0.246 e. The first-order valence-electron chi connectivity index (χ1n) is 8.94. The lowest BCUT2D eigenvalue weighted by atomic mass is 10.2. The summed E-state index contributed by atoms with van der Waals surface area (Å²) in [6, 6.07) is 17.7. The van der Waals surface area contributed by atoms with Crippen molar-refractivity contribution in [3.05, 3.63) is 71.8 Å². The third kappa shape index (κ3) is 7.64. The van der Waals surface area contributed by atoms with Crippen LogP contribution >= 0.6 is 0 Å². The second-order valence-electron chi connectivity index (χ2n) is 5.99. The van der Waals surface area contributed by atoms with E-state index in [9.17, 15) is 4.79 Å². The number of hydrogen-bond donors (Lipinski definition) is 0. The van der Waals surface area contributed by atoms with Gasteiger partial charge in [-0.25, -0.2) is 0 Å². The molecule has 0 aliphatic carbocycles. The molecule has 2 rings (SSSR count). The van der Waals surface area contributed by atoms with Gasteiger partial charge in [-0.3, -0.25) is 4.79 Å². The zero-order valence-corrected chi connectivity index (χ0v) is 16.0. The highest BCUT2D eigenvalue weighted by Gasteiger charge is 2.09. The summed E-state index contributed by atoms with van der Waals surface area (Å²) in [5.41, 5.74) is 2.02. The molecule has 1 amide bonds. The zero-order valence-electron chi connectivity index (χ0n) is 16.0. The Kier molecular flexibility index (Phi) is 9.10. The molecule has 2 aromatic rings. The summed E-state index contributed by atoms with van der Waals surface area (Å²) in [5.74, 6) is 0.698. The zero-order chi connectivity index (χ0) is 19.3. The van der Waals surface area contributed by atoms with Gasteiger partial charge < -0.3 is 19.1 Å². The van der Waals surface area contributed by atoms with Gasteiger partial charge >= 0.3 is 0 Å². The number of carbonyl (C=O) groups excluding carboxylic acids is 1. The van der Waals surface area contributed by atoms with Crippen LogP contribution in [0, 0.1) is 0 Å². The molecule has 0 atom stereocenters. The fourth-order valence-corrected chi connectivity index (χ4v) is 2.46. The summed E-state index contributed by atoms with van der Waals surface area (Å²) in [5, 5.41) is 0. The number of benzene rings is 2. The number of ether oxygens (including phenoxy) is 3. The van der Waals surface area contributed by atoms with Crippen molar-refractivity contribution in [3.63, 3.8) is 0 Å². The summed E-state index contributed by atoms with van der Waals surface area (Å²) in [6.07, 6.45) is 3.37. The number of rotatable bonds is 11. The van der Waals surface area contributed by atoms with E-state index >= 15 is 0 Å². The standard InChI is InChI=1S/C22H27NO4/c1-25-15-13-23(14-16-26-2)22(24)12-11-19-9-6-10-21(17-19)27-18-20-7-4-3-5-8-20/h3-12,17H,13-16,18H2,1-2H3/b12-11+. The molecule has 0 aliphatic rings. The maximum atomic E-state index is 12.4. The summed E-state index contributed by atoms with van der Waals surface area (Å²) in [4.78, 5) is 14.1. The summed E-state index contributed by atoms with van der Waals surface area (Å²) in [6.45, 7) is 2.56. The Hall–Kier alpha value is -2.63. The van der Waals surface area contributed by atoms with Crippen molar-refractivity contribution in [2.24, 2.45) is 0 Å². The monoisotopic (exact) mass is 369 g/mol. The van der Waals surface area contributed by atoms with Gasteiger partial charge in [0, 0.05) is 33.4 Å². The number of hydrogen-bond acceptors (Lipinski definition) is 4. The van der Waals surface area contributed by atoms with Crippen LogP contribution in [0.25, 0.3) is 6.08 Å². The van der Waals surface area contributed by atoms with Gasteiger partial charge in [-0.1, -0.05) is 42.5 Å². The molecule has 0 N–H and O–H groups in total. The fraction of sp³-hybridized carbons (Fsp3) is 0.318. The lowest BCUT2D eigenvalue weighted by Gasteiger charge is -2.20. The highest BCUT2D eigenvalue weighted by molar-refractivity contribution is 5.91. The van der Waals surface area contributed by atoms with E-state index in [0.29, 0.717) is 32.9 Å². The predicted molar refractivity (Wildman–Crippen MR) is 107 cm³/mol. The Labute approximate surface area is 161 Å². The Morgan fingerprint density at radius 2 is 1.67 bits per heavy atom. The first kappa shape index (κ1) is 20.7. The van der Waals surface area contributed by atoms with Crippen LogP contribution in [0.15, 0.2) is 60.7 Å².